The highest BCUT2D eigenvalue weighted by Gasteiger charge is 2.26. The van der Waals surface area contributed by atoms with Crippen LogP contribution in [0.5, 0.6) is 5.75 Å². The molecule has 1 aromatic carbocycles. The molecule has 0 radical (unpaired) electrons. The molecule has 0 fully saturated rings. The highest BCUT2D eigenvalue weighted by molar-refractivity contribution is 5.94. The average molecular weight is 366 g/mol. The lowest BCUT2D eigenvalue weighted by Gasteiger charge is -2.20. The van der Waals surface area contributed by atoms with Gasteiger partial charge < -0.3 is 19.9 Å². The zero-order chi connectivity index (χ0) is 18.8. The van der Waals surface area contributed by atoms with E-state index < -0.39 is 6.04 Å². The third-order valence-electron chi connectivity index (χ3n) is 4.86. The number of benzene rings is 1. The predicted molar refractivity (Wildman–Crippen MR) is 99.5 cm³/mol. The maximum absolute atomic E-state index is 13.0. The zero-order valence-corrected chi connectivity index (χ0v) is 15.3. The molecule has 0 saturated heterocycles. The normalized spacial score (nSPS) is 14.4. The van der Waals surface area contributed by atoms with E-state index in [0.717, 1.165) is 41.4 Å². The van der Waals surface area contributed by atoms with Crippen molar-refractivity contribution < 1.29 is 9.53 Å². The zero-order valence-electron chi connectivity index (χ0n) is 15.3. The molecular formula is C19H22N6O2. The van der Waals surface area contributed by atoms with Gasteiger partial charge >= 0.3 is 0 Å². The second kappa shape index (κ2) is 7.24. The molecule has 140 valence electrons. The number of fused-ring (bicyclic) bond motifs is 1. The molecule has 8 nitrogen and oxygen atoms in total. The first-order valence-electron chi connectivity index (χ1n) is 8.86. The summed E-state index contributed by atoms with van der Waals surface area (Å²) in [5.74, 6) is 1.28. The Morgan fingerprint density at radius 3 is 2.85 bits per heavy atom. The molecule has 8 heteroatoms. The van der Waals surface area contributed by atoms with Crippen molar-refractivity contribution in [2.45, 2.75) is 19.0 Å². The molecule has 1 aliphatic heterocycles. The van der Waals surface area contributed by atoms with Gasteiger partial charge in [0.1, 0.15) is 17.6 Å². The molecule has 0 spiro atoms. The van der Waals surface area contributed by atoms with Crippen LogP contribution in [0, 0.1) is 0 Å². The van der Waals surface area contributed by atoms with Crippen LogP contribution in [0.3, 0.4) is 0 Å². The van der Waals surface area contributed by atoms with Crippen molar-refractivity contribution in [2.24, 2.45) is 7.05 Å². The predicted octanol–water partition coefficient (Wildman–Crippen LogP) is 1.32. The van der Waals surface area contributed by atoms with E-state index in [4.69, 9.17) is 4.74 Å². The van der Waals surface area contributed by atoms with E-state index >= 15 is 0 Å². The van der Waals surface area contributed by atoms with Crippen molar-refractivity contribution in [1.82, 2.24) is 30.4 Å². The van der Waals surface area contributed by atoms with Crippen LogP contribution in [-0.2, 0) is 20.0 Å². The van der Waals surface area contributed by atoms with Gasteiger partial charge in [-0.3, -0.25) is 9.89 Å². The molecule has 0 saturated carbocycles. The SMILES string of the molecule is COc1ccc(C(NC(=O)c2n[nH]c3c2CNCC3)c2nccn2C)cc1. The van der Waals surface area contributed by atoms with Crippen molar-refractivity contribution in [3.8, 4) is 5.75 Å². The molecule has 3 heterocycles. The molecule has 0 aliphatic carbocycles. The fraction of sp³-hybridized carbons (Fsp3) is 0.316. The van der Waals surface area contributed by atoms with E-state index in [1.165, 1.54) is 0 Å². The smallest absolute Gasteiger partial charge is 0.272 e. The number of aromatic amines is 1. The molecule has 3 aromatic rings. The summed E-state index contributed by atoms with van der Waals surface area (Å²) in [7, 11) is 3.53. The Hall–Kier alpha value is -3.13. The van der Waals surface area contributed by atoms with E-state index in [0.29, 0.717) is 12.2 Å². The Kier molecular flexibility index (Phi) is 4.64. The third-order valence-corrected chi connectivity index (χ3v) is 4.86. The Morgan fingerprint density at radius 2 is 2.15 bits per heavy atom. The van der Waals surface area contributed by atoms with Crippen molar-refractivity contribution >= 4 is 5.91 Å². The van der Waals surface area contributed by atoms with Gasteiger partial charge in [-0.1, -0.05) is 12.1 Å². The lowest BCUT2D eigenvalue weighted by Crippen LogP contribution is -2.33. The van der Waals surface area contributed by atoms with E-state index in [1.54, 1.807) is 13.3 Å². The van der Waals surface area contributed by atoms with E-state index in [1.807, 2.05) is 42.1 Å². The maximum Gasteiger partial charge on any atom is 0.272 e. The van der Waals surface area contributed by atoms with Crippen molar-refractivity contribution in [1.29, 1.82) is 0 Å². The van der Waals surface area contributed by atoms with Gasteiger partial charge in [0, 0.05) is 50.2 Å². The summed E-state index contributed by atoms with van der Waals surface area (Å²) in [5, 5.41) is 13.6. The second-order valence-electron chi connectivity index (χ2n) is 6.53. The van der Waals surface area contributed by atoms with E-state index in [2.05, 4.69) is 25.8 Å². The number of H-pyrrole nitrogens is 1. The molecule has 2 aromatic heterocycles. The van der Waals surface area contributed by atoms with E-state index in [9.17, 15) is 4.79 Å². The number of nitrogens with one attached hydrogen (secondary N) is 3. The minimum absolute atomic E-state index is 0.222. The van der Waals surface area contributed by atoms with E-state index in [-0.39, 0.29) is 5.91 Å². The lowest BCUT2D eigenvalue weighted by atomic mass is 10.0. The van der Waals surface area contributed by atoms with Crippen molar-refractivity contribution in [3.05, 3.63) is 65.0 Å². The molecule has 1 amide bonds. The number of methoxy groups -OCH3 is 1. The first-order valence-corrected chi connectivity index (χ1v) is 8.86. The highest BCUT2D eigenvalue weighted by Crippen LogP contribution is 2.24. The van der Waals surface area contributed by atoms with Gasteiger partial charge in [0.15, 0.2) is 5.69 Å². The second-order valence-corrected chi connectivity index (χ2v) is 6.53. The quantitative estimate of drug-likeness (QED) is 0.633. The van der Waals surface area contributed by atoms with Gasteiger partial charge in [0.2, 0.25) is 0 Å². The van der Waals surface area contributed by atoms with Gasteiger partial charge in [-0.25, -0.2) is 4.98 Å². The number of aryl methyl sites for hydroxylation is 1. The van der Waals surface area contributed by atoms with Crippen LogP contribution in [-0.4, -0.2) is 39.3 Å². The standard InChI is InChI=1S/C19H22N6O2/c1-25-10-9-21-18(25)16(12-3-5-13(27-2)6-4-12)22-19(26)17-14-11-20-8-7-15(14)23-24-17/h3-6,9-10,16,20H,7-8,11H2,1-2H3,(H,22,26)(H,23,24). The summed E-state index contributed by atoms with van der Waals surface area (Å²) in [6, 6.07) is 7.21. The van der Waals surface area contributed by atoms with Crippen molar-refractivity contribution in [2.75, 3.05) is 13.7 Å². The molecule has 1 atom stereocenters. The fourth-order valence-electron chi connectivity index (χ4n) is 3.36. The summed E-state index contributed by atoms with van der Waals surface area (Å²) in [6.45, 7) is 1.53. The summed E-state index contributed by atoms with van der Waals surface area (Å²) in [6.07, 6.45) is 4.42. The van der Waals surface area contributed by atoms with Gasteiger partial charge in [-0.05, 0) is 17.7 Å². The molecule has 1 aliphatic rings. The van der Waals surface area contributed by atoms with Gasteiger partial charge in [0.05, 0.1) is 7.11 Å². The Labute approximate surface area is 157 Å². The molecule has 0 bridgehead atoms. The Bertz CT molecular complexity index is 944. The van der Waals surface area contributed by atoms with Crippen LogP contribution < -0.4 is 15.4 Å². The Balaban J connectivity index is 1.66. The van der Waals surface area contributed by atoms with Gasteiger partial charge in [0.25, 0.3) is 5.91 Å². The van der Waals surface area contributed by atoms with Crippen LogP contribution in [0.2, 0.25) is 0 Å². The summed E-state index contributed by atoms with van der Waals surface area (Å²) < 4.78 is 7.14. The number of aromatic nitrogens is 4. The molecule has 27 heavy (non-hydrogen) atoms. The number of carbonyl (C=O) groups is 1. The minimum atomic E-state index is -0.396. The summed E-state index contributed by atoms with van der Waals surface area (Å²) in [4.78, 5) is 17.4. The number of rotatable bonds is 5. The summed E-state index contributed by atoms with van der Waals surface area (Å²) >= 11 is 0. The fourth-order valence-corrected chi connectivity index (χ4v) is 3.36. The van der Waals surface area contributed by atoms with Crippen LogP contribution in [0.4, 0.5) is 0 Å². The molecule has 4 rings (SSSR count). The third kappa shape index (κ3) is 3.31. The number of carbonyl (C=O) groups excluding carboxylic acids is 1. The lowest BCUT2D eigenvalue weighted by molar-refractivity contribution is 0.0935. The maximum atomic E-state index is 13.0. The van der Waals surface area contributed by atoms with Gasteiger partial charge in [-0.2, -0.15) is 5.10 Å². The van der Waals surface area contributed by atoms with Crippen molar-refractivity contribution in [3.63, 3.8) is 0 Å². The number of hydrogen-bond donors (Lipinski definition) is 3. The number of nitrogens with zero attached hydrogens (tertiary/aromatic N) is 3. The number of ether oxygens (including phenoxy) is 1. The average Bonchev–Trinajstić information content (AvgIpc) is 3.32. The first-order chi connectivity index (χ1) is 13.2. The number of hydrogen-bond acceptors (Lipinski definition) is 5. The van der Waals surface area contributed by atoms with Crippen LogP contribution in [0.25, 0.3) is 0 Å². The van der Waals surface area contributed by atoms with Crippen LogP contribution in [0.1, 0.15) is 39.2 Å². The number of imidazole rings is 1. The highest BCUT2D eigenvalue weighted by atomic mass is 16.5. The topological polar surface area (TPSA) is 96.9 Å². The minimum Gasteiger partial charge on any atom is -0.497 e. The monoisotopic (exact) mass is 366 g/mol. The molecule has 1 unspecified atom stereocenters. The summed E-state index contributed by atoms with van der Waals surface area (Å²) in [5.41, 5.74) is 3.31. The molecule has 3 N–H and O–H groups in total. The van der Waals surface area contributed by atoms with Gasteiger partial charge in [-0.15, -0.1) is 0 Å². The van der Waals surface area contributed by atoms with Crippen LogP contribution in [0.15, 0.2) is 36.7 Å². The van der Waals surface area contributed by atoms with Crippen LogP contribution >= 0.6 is 0 Å². The number of amides is 1. The first kappa shape index (κ1) is 17.3. The molecular weight excluding hydrogens is 344 g/mol. The largest absolute Gasteiger partial charge is 0.497 e. The Morgan fingerprint density at radius 1 is 1.33 bits per heavy atom.